The van der Waals surface area contributed by atoms with Crippen LogP contribution in [-0.4, -0.2) is 31.4 Å². The summed E-state index contributed by atoms with van der Waals surface area (Å²) in [5, 5.41) is 8.93. The third kappa shape index (κ3) is 4.71. The van der Waals surface area contributed by atoms with Crippen LogP contribution >= 0.6 is 12.4 Å². The molecule has 0 radical (unpaired) electrons. The normalized spacial score (nSPS) is 14.5. The largest absolute Gasteiger partial charge is 0.352 e. The summed E-state index contributed by atoms with van der Waals surface area (Å²) in [6, 6.07) is 7.09. The first-order valence-corrected chi connectivity index (χ1v) is 7.27. The molecule has 0 spiro atoms. The summed E-state index contributed by atoms with van der Waals surface area (Å²) in [6.07, 6.45) is 0. The summed E-state index contributed by atoms with van der Waals surface area (Å²) in [5.74, 6) is 0.253. The average molecular weight is 326 g/mol. The summed E-state index contributed by atoms with van der Waals surface area (Å²) >= 11 is 0. The van der Waals surface area contributed by atoms with Crippen LogP contribution in [0.4, 0.5) is 5.69 Å². The molecule has 1 aromatic carbocycles. The van der Waals surface area contributed by atoms with E-state index in [0.717, 1.165) is 13.1 Å². The smallest absolute Gasteiger partial charge is 0.253 e. The molecule has 22 heavy (non-hydrogen) atoms. The molecule has 0 aromatic heterocycles. The number of anilines is 1. The van der Waals surface area contributed by atoms with Crippen molar-refractivity contribution in [3.05, 3.63) is 29.8 Å². The van der Waals surface area contributed by atoms with Crippen molar-refractivity contribution in [3.63, 3.8) is 0 Å². The molecule has 1 aliphatic heterocycles. The molecule has 6 heteroatoms. The highest BCUT2D eigenvalue weighted by molar-refractivity contribution is 6.04. The second-order valence-electron chi connectivity index (χ2n) is 6.48. The lowest BCUT2D eigenvalue weighted by Gasteiger charge is -2.27. The van der Waals surface area contributed by atoms with Crippen LogP contribution in [0.1, 0.15) is 31.1 Å². The lowest BCUT2D eigenvalue weighted by molar-refractivity contribution is -0.123. The molecule has 1 aromatic rings. The van der Waals surface area contributed by atoms with Crippen molar-refractivity contribution in [2.75, 3.05) is 25.0 Å². The van der Waals surface area contributed by atoms with Crippen molar-refractivity contribution in [2.45, 2.75) is 20.8 Å². The Hall–Kier alpha value is -1.59. The van der Waals surface area contributed by atoms with Gasteiger partial charge in [0.2, 0.25) is 5.91 Å². The summed E-state index contributed by atoms with van der Waals surface area (Å²) in [6.45, 7) is 8.08. The molecule has 1 saturated heterocycles. The third-order valence-corrected chi connectivity index (χ3v) is 3.52. The van der Waals surface area contributed by atoms with Crippen LogP contribution in [0.5, 0.6) is 0 Å². The fraction of sp³-hybridized carbons (Fsp3) is 0.500. The zero-order valence-corrected chi connectivity index (χ0v) is 14.0. The number of para-hydroxylation sites is 1. The Morgan fingerprint density at radius 3 is 2.41 bits per heavy atom. The molecule has 0 aliphatic carbocycles. The molecule has 2 rings (SSSR count). The van der Waals surface area contributed by atoms with Crippen LogP contribution in [0.3, 0.4) is 0 Å². The van der Waals surface area contributed by atoms with Crippen LogP contribution in [0.15, 0.2) is 24.3 Å². The minimum atomic E-state index is -0.499. The summed E-state index contributed by atoms with van der Waals surface area (Å²) in [5.41, 5.74) is 0.560. The van der Waals surface area contributed by atoms with Gasteiger partial charge in [-0.3, -0.25) is 9.59 Å². The molecule has 2 amide bonds. The number of carbonyl (C=O) groups is 2. The molecule has 0 bridgehead atoms. The van der Waals surface area contributed by atoms with Crippen molar-refractivity contribution < 1.29 is 9.59 Å². The first kappa shape index (κ1) is 18.5. The number of amides is 2. The monoisotopic (exact) mass is 325 g/mol. The van der Waals surface area contributed by atoms with Crippen LogP contribution < -0.4 is 16.0 Å². The van der Waals surface area contributed by atoms with Gasteiger partial charge in [-0.1, -0.05) is 32.9 Å². The van der Waals surface area contributed by atoms with Gasteiger partial charge in [0.05, 0.1) is 11.3 Å². The number of nitrogens with one attached hydrogen (secondary N) is 3. The van der Waals surface area contributed by atoms with Gasteiger partial charge in [-0.25, -0.2) is 0 Å². The van der Waals surface area contributed by atoms with E-state index in [1.165, 1.54) is 0 Å². The maximum Gasteiger partial charge on any atom is 0.253 e. The summed E-state index contributed by atoms with van der Waals surface area (Å²) in [4.78, 5) is 24.3. The van der Waals surface area contributed by atoms with E-state index in [4.69, 9.17) is 0 Å². The molecule has 1 heterocycles. The summed E-state index contributed by atoms with van der Waals surface area (Å²) in [7, 11) is 0. The topological polar surface area (TPSA) is 70.2 Å². The van der Waals surface area contributed by atoms with Gasteiger partial charge in [-0.2, -0.15) is 0 Å². The van der Waals surface area contributed by atoms with Crippen LogP contribution in [0.2, 0.25) is 0 Å². The number of hydrogen-bond acceptors (Lipinski definition) is 3. The van der Waals surface area contributed by atoms with Crippen molar-refractivity contribution in [1.82, 2.24) is 10.6 Å². The Balaban J connectivity index is 0.00000242. The minimum Gasteiger partial charge on any atom is -0.352 e. The number of benzene rings is 1. The van der Waals surface area contributed by atoms with Gasteiger partial charge in [0.25, 0.3) is 5.91 Å². The molecule has 1 fully saturated rings. The second kappa shape index (κ2) is 7.61. The van der Waals surface area contributed by atoms with Gasteiger partial charge < -0.3 is 16.0 Å². The molecule has 0 saturated carbocycles. The van der Waals surface area contributed by atoms with E-state index in [0.29, 0.717) is 23.7 Å². The van der Waals surface area contributed by atoms with E-state index in [1.807, 2.05) is 26.8 Å². The Labute approximate surface area is 137 Å². The van der Waals surface area contributed by atoms with Gasteiger partial charge in [0, 0.05) is 31.0 Å². The van der Waals surface area contributed by atoms with Crippen LogP contribution in [0.25, 0.3) is 0 Å². The molecule has 0 unspecified atom stereocenters. The average Bonchev–Trinajstić information content (AvgIpc) is 2.36. The van der Waals surface area contributed by atoms with Crippen molar-refractivity contribution >= 4 is 29.9 Å². The zero-order valence-electron chi connectivity index (χ0n) is 13.2. The number of halogens is 1. The molecular formula is C16H24ClN3O2. The van der Waals surface area contributed by atoms with Gasteiger partial charge >= 0.3 is 0 Å². The van der Waals surface area contributed by atoms with Gasteiger partial charge in [0.1, 0.15) is 0 Å². The van der Waals surface area contributed by atoms with Gasteiger partial charge in [-0.15, -0.1) is 12.4 Å². The van der Waals surface area contributed by atoms with Crippen molar-refractivity contribution in [3.8, 4) is 0 Å². The van der Waals surface area contributed by atoms with Crippen LogP contribution in [0, 0.1) is 11.3 Å². The van der Waals surface area contributed by atoms with E-state index in [1.54, 1.807) is 18.2 Å². The highest BCUT2D eigenvalue weighted by Crippen LogP contribution is 2.20. The van der Waals surface area contributed by atoms with E-state index >= 15 is 0 Å². The standard InChI is InChI=1S/C16H23N3O2.ClH/c1-16(2,3)15(21)19-13-7-5-4-6-12(13)14(20)18-10-11-8-17-9-11;/h4-7,11,17H,8-10H2,1-3H3,(H,18,20)(H,19,21);1H. The Bertz CT molecular complexity index is 536. The van der Waals surface area contributed by atoms with Crippen molar-refractivity contribution in [2.24, 2.45) is 11.3 Å². The molecule has 122 valence electrons. The molecule has 0 atom stereocenters. The lowest BCUT2D eigenvalue weighted by Crippen LogP contribution is -2.48. The second-order valence-corrected chi connectivity index (χ2v) is 6.48. The Kier molecular flexibility index (Phi) is 6.38. The third-order valence-electron chi connectivity index (χ3n) is 3.52. The fourth-order valence-corrected chi connectivity index (χ4v) is 1.92. The fourth-order valence-electron chi connectivity index (χ4n) is 1.92. The van der Waals surface area contributed by atoms with Crippen molar-refractivity contribution in [1.29, 1.82) is 0 Å². The number of rotatable bonds is 4. The van der Waals surface area contributed by atoms with Crippen LogP contribution in [-0.2, 0) is 4.79 Å². The van der Waals surface area contributed by atoms with E-state index < -0.39 is 5.41 Å². The summed E-state index contributed by atoms with van der Waals surface area (Å²) < 4.78 is 0. The predicted molar refractivity (Wildman–Crippen MR) is 90.5 cm³/mol. The molecule has 5 nitrogen and oxygen atoms in total. The first-order valence-electron chi connectivity index (χ1n) is 7.27. The predicted octanol–water partition coefficient (Wildman–Crippen LogP) is 2.04. The molecule has 3 N–H and O–H groups in total. The number of hydrogen-bond donors (Lipinski definition) is 3. The minimum absolute atomic E-state index is 0. The maximum absolute atomic E-state index is 12.3. The van der Waals surface area contributed by atoms with Gasteiger partial charge in [-0.05, 0) is 12.1 Å². The highest BCUT2D eigenvalue weighted by Gasteiger charge is 2.23. The van der Waals surface area contributed by atoms with E-state index in [-0.39, 0.29) is 24.2 Å². The lowest BCUT2D eigenvalue weighted by atomic mass is 9.95. The van der Waals surface area contributed by atoms with Gasteiger partial charge in [0.15, 0.2) is 0 Å². The molecule has 1 aliphatic rings. The molecular weight excluding hydrogens is 302 g/mol. The highest BCUT2D eigenvalue weighted by atomic mass is 35.5. The zero-order chi connectivity index (χ0) is 15.5. The number of carbonyl (C=O) groups excluding carboxylic acids is 2. The maximum atomic E-state index is 12.3. The van der Waals surface area contributed by atoms with E-state index in [9.17, 15) is 9.59 Å². The van der Waals surface area contributed by atoms with E-state index in [2.05, 4.69) is 16.0 Å². The quantitative estimate of drug-likeness (QED) is 0.793. The SMILES string of the molecule is CC(C)(C)C(=O)Nc1ccccc1C(=O)NCC1CNC1.Cl. The Morgan fingerprint density at radius 2 is 1.86 bits per heavy atom. The Morgan fingerprint density at radius 1 is 1.23 bits per heavy atom. The first-order chi connectivity index (χ1) is 9.88.